The number of aryl methyl sites for hydroxylation is 1. The Balaban J connectivity index is 0.850. The number of ether oxygens (including phenoxy) is 3. The van der Waals surface area contributed by atoms with Crippen LogP contribution in [0, 0.1) is 0 Å². The molecule has 0 aromatic carbocycles. The van der Waals surface area contributed by atoms with Gasteiger partial charge in [0.05, 0.1) is 39.5 Å². The molecule has 3 saturated heterocycles. The summed E-state index contributed by atoms with van der Waals surface area (Å²) < 4.78 is 106. The minimum atomic E-state index is -6.21. The van der Waals surface area contributed by atoms with Gasteiger partial charge < -0.3 is 75.9 Å². The standard InChI is InChI=1S/C31H40FN15O22P4S/c1-44-8-47(24-15(44)26(53)43-31(35)41-24)29-19(51)16(48)9(65-29)2-61-70(54,55)68-72(58,59)69-71(56,57)62-4-11-20(12(32)27(66-11)45-6-38-13-21(33)36-5-37-22(13)45)67-73(60,74)63-3-10-17(49)18(50)28(64-10)46-7-39-14-23(46)40-30(34)42-25(14)52/h5-12,16-20,27-29,48-51H,2-4H2,1H3,(H11-,33,34,35,36,37,40,41,42,43,52,53,54,55,56,57,58,59,60,74)/p+1/t9-,10-,11-,12+,16?,17+,18?,19+,20?,27-,28-,29-,73?/m1/s1. The van der Waals surface area contributed by atoms with Crippen LogP contribution in [-0.4, -0.2) is 168 Å². The number of nitrogen functional groups attached to an aromatic ring is 3. The van der Waals surface area contributed by atoms with Crippen molar-refractivity contribution in [1.82, 2.24) is 53.6 Å². The van der Waals surface area contributed by atoms with Gasteiger partial charge in [-0.05, 0) is 11.8 Å². The molecular formula is C31H41FN15O22P4S+. The third-order valence-electron chi connectivity index (χ3n) is 11.3. The Labute approximate surface area is 413 Å². The van der Waals surface area contributed by atoms with Crippen LogP contribution >= 0.6 is 30.2 Å². The highest BCUT2D eigenvalue weighted by atomic mass is 32.5. The molecular weight excluding hydrogens is 1110 g/mol. The summed E-state index contributed by atoms with van der Waals surface area (Å²) in [6.07, 6.45) is -17.5. The maximum Gasteiger partial charge on any atom is 0.490 e. The topological polar surface area (TPSA) is 536 Å². The van der Waals surface area contributed by atoms with E-state index in [-0.39, 0.29) is 51.2 Å². The van der Waals surface area contributed by atoms with Gasteiger partial charge >= 0.3 is 35.8 Å². The highest BCUT2D eigenvalue weighted by Crippen LogP contribution is 2.68. The monoisotopic (exact) mass is 1150 g/mol. The number of hydrogen-bond acceptors (Lipinski definition) is 28. The number of nitrogens with one attached hydrogen (secondary N) is 2. The van der Waals surface area contributed by atoms with E-state index in [1.165, 1.54) is 17.9 Å². The zero-order valence-electron chi connectivity index (χ0n) is 36.9. The largest absolute Gasteiger partial charge is 0.490 e. The minimum absolute atomic E-state index is 0.0274. The first-order valence-corrected chi connectivity index (χ1v) is 27.8. The Morgan fingerprint density at radius 2 is 1.30 bits per heavy atom. The molecule has 0 radical (unpaired) electrons. The van der Waals surface area contributed by atoms with E-state index in [1.807, 2.05) is 0 Å². The fraction of sp³-hybridized carbons (Fsp3) is 0.516. The minimum Gasteiger partial charge on any atom is -0.387 e. The number of rotatable bonds is 18. The molecule has 9 rings (SSSR count). The average molecular weight is 1150 g/mol. The van der Waals surface area contributed by atoms with Gasteiger partial charge in [-0.25, -0.2) is 42.6 Å². The molecule has 6 aromatic heterocycles. The van der Waals surface area contributed by atoms with Crippen molar-refractivity contribution in [2.24, 2.45) is 7.05 Å². The Kier molecular flexibility index (Phi) is 14.6. The number of alkyl halides is 1. The molecule has 0 bridgehead atoms. The molecule has 7 unspecified atom stereocenters. The Hall–Kier alpha value is -4.76. The Bertz CT molecular complexity index is 3460. The number of fused-ring (bicyclic) bond motifs is 3. The Morgan fingerprint density at radius 3 is 1.99 bits per heavy atom. The third kappa shape index (κ3) is 10.7. The summed E-state index contributed by atoms with van der Waals surface area (Å²) in [6.45, 7) is -8.12. The number of anilines is 3. The zero-order chi connectivity index (χ0) is 53.6. The lowest BCUT2D eigenvalue weighted by Crippen LogP contribution is -2.46. The summed E-state index contributed by atoms with van der Waals surface area (Å²) in [4.78, 5) is 95.3. The quantitative estimate of drug-likeness (QED) is 0.0286. The molecule has 0 saturated carbocycles. The maximum atomic E-state index is 16.6. The second-order valence-corrected chi connectivity index (χ2v) is 23.6. The van der Waals surface area contributed by atoms with Crippen molar-refractivity contribution < 1.29 is 104 Å². The second-order valence-electron chi connectivity index (χ2n) is 16.2. The SMILES string of the molecule is Cn1c[n+]([C@@H]2O[C@H](COP(=O)(O)OP(=O)(O)OP(=O)(O)OC[C@H]3O[C@@H](n4cnc5c(N)ncnc54)[C@@H](F)C3OP(O)(=S)OC[C@H]3O[C@@H](n4cnc5c(=O)[nH]c(N)nc54)C(O)[C@H]3O)C(O)[C@@H]2O)c2nc(N)[nH]c(=O)c21. The van der Waals surface area contributed by atoms with Gasteiger partial charge in [0.1, 0.15) is 60.7 Å². The van der Waals surface area contributed by atoms with Crippen molar-refractivity contribution in [3.8, 4) is 0 Å². The molecule has 3 fully saturated rings. The number of aromatic nitrogens is 12. The number of halogens is 1. The number of nitrogens with zero attached hydrogens (tertiary/aromatic N) is 10. The predicted molar refractivity (Wildman–Crippen MR) is 240 cm³/mol. The van der Waals surface area contributed by atoms with Gasteiger partial charge in [0.2, 0.25) is 17.7 Å². The fourth-order valence-electron chi connectivity index (χ4n) is 8.02. The van der Waals surface area contributed by atoms with Crippen LogP contribution in [0.1, 0.15) is 18.7 Å². The Morgan fingerprint density at radius 1 is 0.730 bits per heavy atom. The number of aromatic amines is 2. The smallest absolute Gasteiger partial charge is 0.387 e. The third-order valence-corrected chi connectivity index (χ3v) is 17.1. The van der Waals surface area contributed by atoms with E-state index in [0.29, 0.717) is 0 Å². The molecule has 0 aliphatic carbocycles. The van der Waals surface area contributed by atoms with E-state index in [2.05, 4.69) is 53.0 Å². The van der Waals surface area contributed by atoms with Crippen molar-refractivity contribution in [2.75, 3.05) is 37.0 Å². The van der Waals surface area contributed by atoms with E-state index in [0.717, 1.165) is 32.7 Å². The van der Waals surface area contributed by atoms with E-state index in [4.69, 9.17) is 56.8 Å². The van der Waals surface area contributed by atoms with Crippen LogP contribution in [0.15, 0.2) is 34.9 Å². The number of aliphatic hydroxyl groups excluding tert-OH is 4. The van der Waals surface area contributed by atoms with E-state index in [1.54, 1.807) is 0 Å². The fourth-order valence-corrected chi connectivity index (χ4v) is 13.0. The zero-order valence-corrected chi connectivity index (χ0v) is 41.3. The van der Waals surface area contributed by atoms with Gasteiger partial charge in [0, 0.05) is 0 Å². The number of nitrogens with two attached hydrogens (primary N) is 3. The first-order chi connectivity index (χ1) is 34.6. The highest BCUT2D eigenvalue weighted by Gasteiger charge is 2.53. The van der Waals surface area contributed by atoms with Crippen molar-refractivity contribution >= 4 is 93.2 Å². The lowest BCUT2D eigenvalue weighted by molar-refractivity contribution is -0.745. The summed E-state index contributed by atoms with van der Waals surface area (Å²) in [5.74, 6) is -0.766. The average Bonchev–Trinajstić information content (AvgIpc) is 4.15. The van der Waals surface area contributed by atoms with Crippen molar-refractivity contribution in [2.45, 2.75) is 73.7 Å². The van der Waals surface area contributed by atoms with Crippen molar-refractivity contribution in [3.05, 3.63) is 46.0 Å². The van der Waals surface area contributed by atoms with Gasteiger partial charge in [-0.3, -0.25) is 46.8 Å². The van der Waals surface area contributed by atoms with E-state index >= 15 is 4.39 Å². The van der Waals surface area contributed by atoms with Crippen LogP contribution in [0.2, 0.25) is 0 Å². The summed E-state index contributed by atoms with van der Waals surface area (Å²) in [7, 11) is -16.6. The lowest BCUT2D eigenvalue weighted by Gasteiger charge is -2.26. The van der Waals surface area contributed by atoms with Gasteiger partial charge in [-0.2, -0.15) is 13.6 Å². The molecule has 0 spiro atoms. The first-order valence-electron chi connectivity index (χ1n) is 20.7. The normalized spacial score (nSPS) is 30.7. The van der Waals surface area contributed by atoms with Crippen LogP contribution in [0.5, 0.6) is 0 Å². The van der Waals surface area contributed by atoms with Crippen LogP contribution in [0.25, 0.3) is 33.5 Å². The summed E-state index contributed by atoms with van der Waals surface area (Å²) in [5, 5.41) is 43.1. The molecule has 6 aromatic rings. The number of phosphoric acid groups is 3. The van der Waals surface area contributed by atoms with Crippen LogP contribution in [0.4, 0.5) is 22.1 Å². The summed E-state index contributed by atoms with van der Waals surface area (Å²) in [6, 6.07) is 0. The van der Waals surface area contributed by atoms with Crippen LogP contribution < -0.4 is 32.9 Å². The molecule has 404 valence electrons. The molecule has 16 atom stereocenters. The summed E-state index contributed by atoms with van der Waals surface area (Å²) >= 11 is 5.12. The molecule has 9 heterocycles. The number of phosphoric ester groups is 2. The molecule has 74 heavy (non-hydrogen) atoms. The molecule has 3 aliphatic heterocycles. The maximum absolute atomic E-state index is 16.6. The molecule has 43 heteroatoms. The molecule has 37 nitrogen and oxygen atoms in total. The number of imidazole rings is 3. The first kappa shape index (κ1) is 54.0. The molecule has 16 N–H and O–H groups in total. The van der Waals surface area contributed by atoms with Crippen molar-refractivity contribution in [3.63, 3.8) is 0 Å². The van der Waals surface area contributed by atoms with Gasteiger partial charge in [-0.15, -0.1) is 0 Å². The molecule has 0 amide bonds. The van der Waals surface area contributed by atoms with Gasteiger partial charge in [0.25, 0.3) is 17.1 Å². The summed E-state index contributed by atoms with van der Waals surface area (Å²) in [5.41, 5.74) is 15.1. The lowest BCUT2D eigenvalue weighted by atomic mass is 10.1. The molecule has 3 aliphatic rings. The van der Waals surface area contributed by atoms with Crippen LogP contribution in [-0.2, 0) is 73.5 Å². The van der Waals surface area contributed by atoms with Gasteiger partial charge in [-0.1, -0.05) is 4.98 Å². The van der Waals surface area contributed by atoms with Crippen molar-refractivity contribution in [1.29, 1.82) is 0 Å². The number of hydrogen-bond donors (Lipinski definition) is 13. The van der Waals surface area contributed by atoms with E-state index in [9.17, 15) is 63.3 Å². The predicted octanol–water partition coefficient (Wildman–Crippen LogP) is -4.27. The second kappa shape index (κ2) is 20.0. The van der Waals surface area contributed by atoms with E-state index < -0.39 is 135 Å². The van der Waals surface area contributed by atoms with Gasteiger partial charge in [0.15, 0.2) is 47.6 Å². The number of aliphatic hydroxyl groups is 4. The van der Waals surface area contributed by atoms with Crippen LogP contribution in [0.3, 0.4) is 0 Å². The highest BCUT2D eigenvalue weighted by molar-refractivity contribution is 8.07. The number of H-pyrrole nitrogens is 2.